The zero-order chi connectivity index (χ0) is 21.7. The number of nitrogens with one attached hydrogen (secondary N) is 2. The van der Waals surface area contributed by atoms with E-state index in [4.69, 9.17) is 4.74 Å². The van der Waals surface area contributed by atoms with Crippen molar-refractivity contribution in [1.29, 1.82) is 0 Å². The van der Waals surface area contributed by atoms with Gasteiger partial charge in [-0.1, -0.05) is 6.92 Å². The Labute approximate surface area is 172 Å². The zero-order valence-corrected chi connectivity index (χ0v) is 16.7. The predicted octanol–water partition coefficient (Wildman–Crippen LogP) is 4.33. The Morgan fingerprint density at radius 1 is 1.17 bits per heavy atom. The van der Waals surface area contributed by atoms with Gasteiger partial charge in [-0.15, -0.1) is 0 Å². The van der Waals surface area contributed by atoms with Gasteiger partial charge in [0.1, 0.15) is 5.75 Å². The van der Waals surface area contributed by atoms with Crippen molar-refractivity contribution in [2.45, 2.75) is 25.6 Å². The molecule has 1 aliphatic heterocycles. The average molecular weight is 420 g/mol. The van der Waals surface area contributed by atoms with Crippen LogP contribution < -0.4 is 15.4 Å². The second kappa shape index (κ2) is 9.17. The van der Waals surface area contributed by atoms with Crippen molar-refractivity contribution >= 4 is 17.4 Å². The van der Waals surface area contributed by atoms with Crippen molar-refractivity contribution in [3.63, 3.8) is 0 Å². The maximum Gasteiger partial charge on any atom is 0.416 e. The summed E-state index contributed by atoms with van der Waals surface area (Å²) in [6.45, 7) is 2.97. The molecule has 0 bridgehead atoms. The van der Waals surface area contributed by atoms with Gasteiger partial charge < -0.3 is 15.4 Å². The molecule has 3 rings (SSSR count). The third-order valence-electron chi connectivity index (χ3n) is 4.58. The number of hydrogen-bond donors (Lipinski definition) is 2. The number of hydrogen-bond acceptors (Lipinski definition) is 4. The second-order valence-electron chi connectivity index (χ2n) is 6.79. The number of hydrazone groups is 1. The van der Waals surface area contributed by atoms with E-state index in [2.05, 4.69) is 15.7 Å². The molecule has 30 heavy (non-hydrogen) atoms. The minimum Gasteiger partial charge on any atom is -0.494 e. The largest absolute Gasteiger partial charge is 0.494 e. The molecule has 6 nitrogen and oxygen atoms in total. The van der Waals surface area contributed by atoms with Crippen molar-refractivity contribution in [3.05, 3.63) is 59.7 Å². The fourth-order valence-corrected chi connectivity index (χ4v) is 2.99. The van der Waals surface area contributed by atoms with Gasteiger partial charge in [-0.25, -0.2) is 9.80 Å². The van der Waals surface area contributed by atoms with Crippen molar-refractivity contribution < 1.29 is 22.7 Å². The van der Waals surface area contributed by atoms with E-state index in [1.807, 2.05) is 31.2 Å². The number of rotatable bonds is 6. The molecule has 0 radical (unpaired) electrons. The van der Waals surface area contributed by atoms with Gasteiger partial charge in [0.15, 0.2) is 0 Å². The van der Waals surface area contributed by atoms with Crippen LogP contribution in [0.2, 0.25) is 0 Å². The fraction of sp³-hybridized carbons (Fsp3) is 0.333. The van der Waals surface area contributed by atoms with Crippen molar-refractivity contribution in [3.8, 4) is 5.75 Å². The Bertz CT molecular complexity index is 896. The molecule has 9 heteroatoms. The van der Waals surface area contributed by atoms with Crippen molar-refractivity contribution in [2.24, 2.45) is 5.10 Å². The molecule has 1 aliphatic rings. The molecule has 1 atom stereocenters. The third-order valence-corrected chi connectivity index (χ3v) is 4.58. The topological polar surface area (TPSA) is 66.0 Å². The van der Waals surface area contributed by atoms with Crippen molar-refractivity contribution in [1.82, 2.24) is 10.3 Å². The second-order valence-corrected chi connectivity index (χ2v) is 6.79. The quantitative estimate of drug-likeness (QED) is 0.731. The van der Waals surface area contributed by atoms with Gasteiger partial charge in [0.2, 0.25) is 0 Å². The van der Waals surface area contributed by atoms with Crippen LogP contribution in [0.5, 0.6) is 5.75 Å². The first kappa shape index (κ1) is 21.6. The minimum atomic E-state index is -4.42. The number of likely N-dealkylation sites (N-methyl/N-ethyl adjacent to an activating group) is 1. The molecule has 0 aromatic heterocycles. The lowest BCUT2D eigenvalue weighted by atomic mass is 10.0. The van der Waals surface area contributed by atoms with Crippen LogP contribution in [0.15, 0.2) is 53.6 Å². The lowest BCUT2D eigenvalue weighted by Crippen LogP contribution is -2.39. The first-order valence-electron chi connectivity index (χ1n) is 9.56. The van der Waals surface area contributed by atoms with Crippen LogP contribution in [0.3, 0.4) is 0 Å². The van der Waals surface area contributed by atoms with E-state index in [0.717, 1.165) is 29.9 Å². The Balaban J connectivity index is 1.70. The number of alkyl halides is 3. The lowest BCUT2D eigenvalue weighted by molar-refractivity contribution is -0.137. The van der Waals surface area contributed by atoms with E-state index in [1.165, 1.54) is 17.1 Å². The molecule has 2 N–H and O–H groups in total. The Morgan fingerprint density at radius 2 is 1.83 bits per heavy atom. The van der Waals surface area contributed by atoms with Crippen LogP contribution in [-0.4, -0.2) is 43.0 Å². The molecule has 1 heterocycles. The number of urea groups is 1. The molecule has 0 saturated heterocycles. The summed E-state index contributed by atoms with van der Waals surface area (Å²) in [7, 11) is 1.77. The highest BCUT2D eigenvalue weighted by Crippen LogP contribution is 2.30. The van der Waals surface area contributed by atoms with Gasteiger partial charge in [0.05, 0.1) is 30.5 Å². The monoisotopic (exact) mass is 420 g/mol. The van der Waals surface area contributed by atoms with Gasteiger partial charge >= 0.3 is 12.2 Å². The molecule has 1 unspecified atom stereocenters. The number of carbonyl (C=O) groups is 1. The minimum absolute atomic E-state index is 0.175. The Morgan fingerprint density at radius 3 is 2.40 bits per heavy atom. The van der Waals surface area contributed by atoms with Gasteiger partial charge in [-0.2, -0.15) is 18.3 Å². The summed E-state index contributed by atoms with van der Waals surface area (Å²) >= 11 is 0. The lowest BCUT2D eigenvalue weighted by Gasteiger charge is -2.15. The number of carbonyl (C=O) groups excluding carboxylic acids is 1. The predicted molar refractivity (Wildman–Crippen MR) is 109 cm³/mol. The summed E-state index contributed by atoms with van der Waals surface area (Å²) in [4.78, 5) is 12.5. The standard InChI is InChI=1S/C21H23F3N4O2/c1-3-12-30-17-10-4-14(5-11-17)19-18(25-2)13-28(27-19)20(29)26-16-8-6-15(7-9-16)21(22,23)24/h4-11,18,25H,3,12-13H2,1-2H3,(H,26,29). The van der Waals surface area contributed by atoms with Gasteiger partial charge in [-0.3, -0.25) is 0 Å². The number of benzene rings is 2. The molecule has 2 aromatic carbocycles. The molecule has 0 saturated carbocycles. The highest BCUT2D eigenvalue weighted by molar-refractivity contribution is 6.07. The smallest absolute Gasteiger partial charge is 0.416 e. The third kappa shape index (κ3) is 5.10. The molecule has 2 amide bonds. The van der Waals surface area contributed by atoms with E-state index in [0.29, 0.717) is 18.9 Å². The molecule has 0 aliphatic carbocycles. The average Bonchev–Trinajstić information content (AvgIpc) is 3.17. The van der Waals surface area contributed by atoms with Crippen LogP contribution in [0, 0.1) is 0 Å². The zero-order valence-electron chi connectivity index (χ0n) is 16.7. The van der Waals surface area contributed by atoms with Crippen LogP contribution in [-0.2, 0) is 6.18 Å². The Hall–Kier alpha value is -3.07. The summed E-state index contributed by atoms with van der Waals surface area (Å²) in [5.41, 5.74) is 1.03. The van der Waals surface area contributed by atoms with Gasteiger partial charge in [0, 0.05) is 5.69 Å². The molecular weight excluding hydrogens is 397 g/mol. The number of nitrogens with zero attached hydrogens (tertiary/aromatic N) is 2. The van der Waals surface area contributed by atoms with Crippen LogP contribution in [0.1, 0.15) is 24.5 Å². The van der Waals surface area contributed by atoms with E-state index in [-0.39, 0.29) is 11.7 Å². The van der Waals surface area contributed by atoms with Crippen LogP contribution in [0.25, 0.3) is 0 Å². The maximum absolute atomic E-state index is 12.7. The van der Waals surface area contributed by atoms with E-state index in [1.54, 1.807) is 7.05 Å². The first-order chi connectivity index (χ1) is 14.3. The number of halogens is 3. The summed E-state index contributed by atoms with van der Waals surface area (Å²) in [6, 6.07) is 11.0. The SMILES string of the molecule is CCCOc1ccc(C2=NN(C(=O)Nc3ccc(C(F)(F)F)cc3)CC2NC)cc1. The highest BCUT2D eigenvalue weighted by atomic mass is 19.4. The molecule has 160 valence electrons. The van der Waals surface area contributed by atoms with Gasteiger partial charge in [-0.05, 0) is 67.6 Å². The first-order valence-corrected chi connectivity index (χ1v) is 9.56. The van der Waals surface area contributed by atoms with Crippen LogP contribution in [0.4, 0.5) is 23.7 Å². The molecular formula is C21H23F3N4O2. The summed E-state index contributed by atoms with van der Waals surface area (Å²) < 4.78 is 43.6. The van der Waals surface area contributed by atoms with E-state index >= 15 is 0 Å². The van der Waals surface area contributed by atoms with Crippen LogP contribution >= 0.6 is 0 Å². The Kier molecular flexibility index (Phi) is 6.61. The normalized spacial score (nSPS) is 16.4. The van der Waals surface area contributed by atoms with E-state index in [9.17, 15) is 18.0 Å². The van der Waals surface area contributed by atoms with Crippen molar-refractivity contribution in [2.75, 3.05) is 25.5 Å². The number of amides is 2. The maximum atomic E-state index is 12.7. The van der Waals surface area contributed by atoms with Gasteiger partial charge in [0.25, 0.3) is 0 Å². The number of ether oxygens (including phenoxy) is 1. The highest BCUT2D eigenvalue weighted by Gasteiger charge is 2.31. The molecule has 0 fully saturated rings. The molecule has 0 spiro atoms. The summed E-state index contributed by atoms with van der Waals surface area (Å²) in [5, 5.41) is 11.4. The molecule has 2 aromatic rings. The summed E-state index contributed by atoms with van der Waals surface area (Å²) in [6.07, 6.45) is -3.51. The summed E-state index contributed by atoms with van der Waals surface area (Å²) in [5.74, 6) is 0.761. The van der Waals surface area contributed by atoms with E-state index < -0.39 is 17.8 Å². The number of anilines is 1. The fourth-order valence-electron chi connectivity index (χ4n) is 2.99.